The molecule has 0 saturated heterocycles. The van der Waals surface area contributed by atoms with Crippen molar-refractivity contribution in [1.82, 2.24) is 0 Å². The molecule has 0 bridgehead atoms. The van der Waals surface area contributed by atoms with E-state index in [-0.39, 0.29) is 17.3 Å². The van der Waals surface area contributed by atoms with Gasteiger partial charge in [-0.25, -0.2) is 0 Å². The van der Waals surface area contributed by atoms with Crippen LogP contribution in [-0.4, -0.2) is 20.2 Å². The molecule has 18 heavy (non-hydrogen) atoms. The zero-order valence-corrected chi connectivity index (χ0v) is 11.8. The standard InChI is InChI=1S/C15H22O3/c1-15(2,3)13(10-14(16)18-5)11-7-6-8-12(9-11)17-4/h6-9,13H,10H2,1-5H3. The van der Waals surface area contributed by atoms with Gasteiger partial charge in [0.2, 0.25) is 0 Å². The Morgan fingerprint density at radius 2 is 1.94 bits per heavy atom. The van der Waals surface area contributed by atoms with Gasteiger partial charge in [0.25, 0.3) is 0 Å². The second kappa shape index (κ2) is 5.89. The zero-order valence-electron chi connectivity index (χ0n) is 11.8. The molecule has 0 aromatic heterocycles. The van der Waals surface area contributed by atoms with Gasteiger partial charge in [-0.2, -0.15) is 0 Å². The van der Waals surface area contributed by atoms with Crippen LogP contribution >= 0.6 is 0 Å². The molecule has 0 aliphatic carbocycles. The van der Waals surface area contributed by atoms with Crippen LogP contribution in [0.25, 0.3) is 0 Å². The Kier molecular flexibility index (Phi) is 4.76. The Morgan fingerprint density at radius 3 is 2.44 bits per heavy atom. The summed E-state index contributed by atoms with van der Waals surface area (Å²) in [6, 6.07) is 7.87. The topological polar surface area (TPSA) is 35.5 Å². The third-order valence-electron chi connectivity index (χ3n) is 3.14. The van der Waals surface area contributed by atoms with Gasteiger partial charge in [0.1, 0.15) is 5.75 Å². The van der Waals surface area contributed by atoms with E-state index in [1.807, 2.05) is 24.3 Å². The normalized spacial score (nSPS) is 12.9. The Balaban J connectivity index is 3.05. The summed E-state index contributed by atoms with van der Waals surface area (Å²) in [6.45, 7) is 6.38. The third kappa shape index (κ3) is 3.76. The van der Waals surface area contributed by atoms with Gasteiger partial charge in [-0.15, -0.1) is 0 Å². The molecule has 0 fully saturated rings. The SMILES string of the molecule is COC(=O)CC(c1cccc(OC)c1)C(C)(C)C. The maximum absolute atomic E-state index is 11.5. The molecule has 1 aromatic rings. The van der Waals surface area contributed by atoms with Crippen LogP contribution in [-0.2, 0) is 9.53 Å². The molecule has 0 aliphatic heterocycles. The first kappa shape index (κ1) is 14.6. The van der Waals surface area contributed by atoms with Gasteiger partial charge >= 0.3 is 5.97 Å². The van der Waals surface area contributed by atoms with Crippen LogP contribution < -0.4 is 4.74 Å². The van der Waals surface area contributed by atoms with E-state index in [0.29, 0.717) is 6.42 Å². The molecule has 0 aliphatic rings. The van der Waals surface area contributed by atoms with Gasteiger partial charge in [0, 0.05) is 0 Å². The summed E-state index contributed by atoms with van der Waals surface area (Å²) < 4.78 is 10.0. The van der Waals surface area contributed by atoms with E-state index < -0.39 is 0 Å². The first-order valence-electron chi connectivity index (χ1n) is 6.09. The highest BCUT2D eigenvalue weighted by atomic mass is 16.5. The van der Waals surface area contributed by atoms with Crippen LogP contribution in [0.3, 0.4) is 0 Å². The first-order valence-corrected chi connectivity index (χ1v) is 6.09. The number of hydrogen-bond donors (Lipinski definition) is 0. The van der Waals surface area contributed by atoms with E-state index in [4.69, 9.17) is 9.47 Å². The second-order valence-corrected chi connectivity index (χ2v) is 5.48. The van der Waals surface area contributed by atoms with Gasteiger partial charge in [0.15, 0.2) is 0 Å². The summed E-state index contributed by atoms with van der Waals surface area (Å²) in [7, 11) is 3.07. The number of carbonyl (C=O) groups is 1. The van der Waals surface area contributed by atoms with Crippen LogP contribution in [0.5, 0.6) is 5.75 Å². The third-order valence-corrected chi connectivity index (χ3v) is 3.14. The minimum absolute atomic E-state index is 0.0133. The number of esters is 1. The van der Waals surface area contributed by atoms with Crippen LogP contribution in [0, 0.1) is 5.41 Å². The lowest BCUT2D eigenvalue weighted by Crippen LogP contribution is -2.22. The minimum Gasteiger partial charge on any atom is -0.497 e. The summed E-state index contributed by atoms with van der Waals surface area (Å²) >= 11 is 0. The lowest BCUT2D eigenvalue weighted by atomic mass is 9.74. The molecule has 1 unspecified atom stereocenters. The molecule has 0 amide bonds. The fourth-order valence-electron chi connectivity index (χ4n) is 2.03. The number of methoxy groups -OCH3 is 2. The van der Waals surface area contributed by atoms with E-state index in [0.717, 1.165) is 11.3 Å². The molecule has 0 saturated carbocycles. The van der Waals surface area contributed by atoms with Gasteiger partial charge in [-0.05, 0) is 29.0 Å². The average Bonchev–Trinajstić information content (AvgIpc) is 2.34. The summed E-state index contributed by atoms with van der Waals surface area (Å²) in [5.74, 6) is 0.740. The van der Waals surface area contributed by atoms with Crippen molar-refractivity contribution in [2.24, 2.45) is 5.41 Å². The molecule has 0 radical (unpaired) electrons. The fourth-order valence-corrected chi connectivity index (χ4v) is 2.03. The minimum atomic E-state index is -0.183. The maximum Gasteiger partial charge on any atom is 0.306 e. The van der Waals surface area contributed by atoms with Crippen LogP contribution in [0.2, 0.25) is 0 Å². The lowest BCUT2D eigenvalue weighted by Gasteiger charge is -2.30. The summed E-state index contributed by atoms with van der Waals surface area (Å²) in [5, 5.41) is 0. The molecule has 1 rings (SSSR count). The molecule has 0 N–H and O–H groups in total. The van der Waals surface area contributed by atoms with Crippen molar-refractivity contribution in [3.05, 3.63) is 29.8 Å². The van der Waals surface area contributed by atoms with E-state index >= 15 is 0 Å². The average molecular weight is 250 g/mol. The maximum atomic E-state index is 11.5. The molecular weight excluding hydrogens is 228 g/mol. The Labute approximate surface area is 109 Å². The van der Waals surface area contributed by atoms with E-state index in [9.17, 15) is 4.79 Å². The quantitative estimate of drug-likeness (QED) is 0.768. The van der Waals surface area contributed by atoms with E-state index in [1.54, 1.807) is 7.11 Å². The second-order valence-electron chi connectivity index (χ2n) is 5.48. The number of ether oxygens (including phenoxy) is 2. The van der Waals surface area contributed by atoms with Crippen molar-refractivity contribution in [2.75, 3.05) is 14.2 Å². The number of carbonyl (C=O) groups excluding carboxylic acids is 1. The van der Waals surface area contributed by atoms with Crippen molar-refractivity contribution in [3.8, 4) is 5.75 Å². The van der Waals surface area contributed by atoms with Crippen LogP contribution in [0.4, 0.5) is 0 Å². The van der Waals surface area contributed by atoms with Gasteiger partial charge in [-0.1, -0.05) is 32.9 Å². The largest absolute Gasteiger partial charge is 0.497 e. The van der Waals surface area contributed by atoms with Crippen molar-refractivity contribution in [3.63, 3.8) is 0 Å². The summed E-state index contributed by atoms with van der Waals surface area (Å²) in [6.07, 6.45) is 0.382. The first-order chi connectivity index (χ1) is 8.38. The molecule has 0 heterocycles. The molecule has 100 valence electrons. The van der Waals surface area contributed by atoms with Crippen molar-refractivity contribution in [2.45, 2.75) is 33.1 Å². The lowest BCUT2D eigenvalue weighted by molar-refractivity contribution is -0.141. The highest BCUT2D eigenvalue weighted by Gasteiger charge is 2.29. The molecule has 1 atom stereocenters. The predicted molar refractivity (Wildman–Crippen MR) is 71.8 cm³/mol. The van der Waals surface area contributed by atoms with Crippen molar-refractivity contribution < 1.29 is 14.3 Å². The fraction of sp³-hybridized carbons (Fsp3) is 0.533. The van der Waals surface area contributed by atoms with E-state index in [1.165, 1.54) is 7.11 Å². The van der Waals surface area contributed by atoms with Gasteiger partial charge in [0.05, 0.1) is 20.6 Å². The molecular formula is C15H22O3. The van der Waals surface area contributed by atoms with Crippen LogP contribution in [0.15, 0.2) is 24.3 Å². The van der Waals surface area contributed by atoms with Gasteiger partial charge < -0.3 is 9.47 Å². The number of hydrogen-bond acceptors (Lipinski definition) is 3. The molecule has 1 aromatic carbocycles. The summed E-state index contributed by atoms with van der Waals surface area (Å²) in [4.78, 5) is 11.5. The highest BCUT2D eigenvalue weighted by molar-refractivity contribution is 5.70. The van der Waals surface area contributed by atoms with Gasteiger partial charge in [-0.3, -0.25) is 4.79 Å². The highest BCUT2D eigenvalue weighted by Crippen LogP contribution is 2.38. The summed E-state index contributed by atoms with van der Waals surface area (Å²) in [5.41, 5.74) is 1.09. The molecule has 0 spiro atoms. The smallest absolute Gasteiger partial charge is 0.306 e. The van der Waals surface area contributed by atoms with E-state index in [2.05, 4.69) is 20.8 Å². The van der Waals surface area contributed by atoms with Crippen molar-refractivity contribution >= 4 is 5.97 Å². The molecule has 3 heteroatoms. The number of rotatable bonds is 4. The Bertz CT molecular complexity index is 404. The Morgan fingerprint density at radius 1 is 1.28 bits per heavy atom. The van der Waals surface area contributed by atoms with Crippen molar-refractivity contribution in [1.29, 1.82) is 0 Å². The monoisotopic (exact) mass is 250 g/mol. The number of benzene rings is 1. The predicted octanol–water partition coefficient (Wildman–Crippen LogP) is 3.39. The van der Waals surface area contributed by atoms with Crippen LogP contribution in [0.1, 0.15) is 38.7 Å². The molecule has 3 nitrogen and oxygen atoms in total. The Hall–Kier alpha value is -1.51. The zero-order chi connectivity index (χ0) is 13.8.